The highest BCUT2D eigenvalue weighted by Gasteiger charge is 2.20. The van der Waals surface area contributed by atoms with Crippen LogP contribution in [0.2, 0.25) is 0 Å². The molecule has 0 saturated heterocycles. The number of halogens is 1. The molecule has 0 saturated carbocycles. The lowest BCUT2D eigenvalue weighted by Gasteiger charge is -2.10. The van der Waals surface area contributed by atoms with Crippen LogP contribution in [-0.2, 0) is 4.79 Å². The number of fused-ring (bicyclic) bond motifs is 1. The van der Waals surface area contributed by atoms with Gasteiger partial charge in [-0.2, -0.15) is 0 Å². The van der Waals surface area contributed by atoms with Gasteiger partial charge in [0.2, 0.25) is 0 Å². The zero-order chi connectivity index (χ0) is 14.7. The van der Waals surface area contributed by atoms with E-state index in [1.165, 1.54) is 18.2 Å². The van der Waals surface area contributed by atoms with Crippen molar-refractivity contribution in [1.29, 1.82) is 0 Å². The van der Waals surface area contributed by atoms with E-state index in [-0.39, 0.29) is 6.42 Å². The molecular weight excluding hydrogens is 281 g/mol. The van der Waals surface area contributed by atoms with Crippen molar-refractivity contribution in [3.63, 3.8) is 0 Å². The van der Waals surface area contributed by atoms with Gasteiger partial charge >= 0.3 is 5.97 Å². The highest BCUT2D eigenvalue weighted by atomic mass is 32.1. The van der Waals surface area contributed by atoms with Crippen molar-refractivity contribution in [2.24, 2.45) is 0 Å². The number of carboxylic acid groups (broad SMARTS) is 1. The Morgan fingerprint density at radius 1 is 1.45 bits per heavy atom. The maximum absolute atomic E-state index is 13.1. The van der Waals surface area contributed by atoms with E-state index in [1.807, 2.05) is 0 Å². The number of amides is 1. The molecule has 1 heterocycles. The Bertz CT molecular complexity index is 717. The number of thiophene rings is 1. The molecule has 2 rings (SSSR count). The summed E-state index contributed by atoms with van der Waals surface area (Å²) >= 11 is 1.16. The molecule has 4 nitrogen and oxygen atoms in total. The predicted molar refractivity (Wildman–Crippen MR) is 74.1 cm³/mol. The van der Waals surface area contributed by atoms with E-state index in [1.54, 1.807) is 6.07 Å². The number of carbonyl (C=O) groups excluding carboxylic acids is 1. The van der Waals surface area contributed by atoms with Gasteiger partial charge in [-0.1, -0.05) is 0 Å². The number of aliphatic carboxylic acids is 1. The van der Waals surface area contributed by atoms with Crippen molar-refractivity contribution in [2.75, 3.05) is 0 Å². The highest BCUT2D eigenvalue weighted by Crippen LogP contribution is 2.26. The van der Waals surface area contributed by atoms with Crippen molar-refractivity contribution in [2.45, 2.75) is 12.5 Å². The Morgan fingerprint density at radius 2 is 2.20 bits per heavy atom. The van der Waals surface area contributed by atoms with Gasteiger partial charge in [0.1, 0.15) is 11.9 Å². The van der Waals surface area contributed by atoms with Crippen LogP contribution < -0.4 is 5.32 Å². The third-order valence-electron chi connectivity index (χ3n) is 2.63. The van der Waals surface area contributed by atoms with Crippen molar-refractivity contribution in [3.8, 4) is 12.3 Å². The maximum Gasteiger partial charge on any atom is 0.327 e. The zero-order valence-electron chi connectivity index (χ0n) is 10.2. The molecule has 6 heteroatoms. The summed E-state index contributed by atoms with van der Waals surface area (Å²) in [5.74, 6) is 0.0832. The lowest BCUT2D eigenvalue weighted by Crippen LogP contribution is -2.40. The number of hydrogen-bond acceptors (Lipinski definition) is 3. The summed E-state index contributed by atoms with van der Waals surface area (Å²) in [4.78, 5) is 23.2. The normalized spacial score (nSPS) is 11.8. The largest absolute Gasteiger partial charge is 0.480 e. The SMILES string of the molecule is C#CCC(NC(=O)c1cc2cc(F)ccc2s1)C(=O)O. The molecule has 0 fully saturated rings. The third-order valence-corrected chi connectivity index (χ3v) is 3.74. The minimum atomic E-state index is -1.19. The Kier molecular flexibility index (Phi) is 4.01. The van der Waals surface area contributed by atoms with Crippen LogP contribution in [0, 0.1) is 18.2 Å². The minimum absolute atomic E-state index is 0.0966. The molecule has 0 radical (unpaired) electrons. The lowest BCUT2D eigenvalue weighted by atomic mass is 10.2. The number of rotatable bonds is 4. The Hall–Kier alpha value is -2.39. The zero-order valence-corrected chi connectivity index (χ0v) is 11.0. The van der Waals surface area contributed by atoms with Gasteiger partial charge < -0.3 is 10.4 Å². The quantitative estimate of drug-likeness (QED) is 0.849. The standard InChI is InChI=1S/C14H10FNO3S/c1-2-3-10(14(18)19)16-13(17)12-7-8-6-9(15)4-5-11(8)20-12/h1,4-7,10H,3H2,(H,16,17)(H,18,19). The summed E-state index contributed by atoms with van der Waals surface area (Å²) in [6.07, 6.45) is 4.96. The molecule has 1 aromatic heterocycles. The van der Waals surface area contributed by atoms with Crippen molar-refractivity contribution < 1.29 is 19.1 Å². The first kappa shape index (κ1) is 14.0. The molecule has 0 aliphatic heterocycles. The number of nitrogens with one attached hydrogen (secondary N) is 1. The highest BCUT2D eigenvalue weighted by molar-refractivity contribution is 7.20. The van der Waals surface area contributed by atoms with E-state index in [4.69, 9.17) is 11.5 Å². The van der Waals surface area contributed by atoms with Gasteiger partial charge in [0.25, 0.3) is 5.91 Å². The van der Waals surface area contributed by atoms with Crippen LogP contribution in [0.4, 0.5) is 4.39 Å². The minimum Gasteiger partial charge on any atom is -0.480 e. The lowest BCUT2D eigenvalue weighted by molar-refractivity contribution is -0.139. The monoisotopic (exact) mass is 291 g/mol. The van der Waals surface area contributed by atoms with E-state index in [2.05, 4.69) is 11.2 Å². The van der Waals surface area contributed by atoms with E-state index < -0.39 is 23.7 Å². The van der Waals surface area contributed by atoms with Crippen molar-refractivity contribution >= 4 is 33.3 Å². The van der Waals surface area contributed by atoms with Gasteiger partial charge in [0, 0.05) is 11.1 Å². The van der Waals surface area contributed by atoms with E-state index >= 15 is 0 Å². The van der Waals surface area contributed by atoms with Crippen LogP contribution in [0.5, 0.6) is 0 Å². The van der Waals surface area contributed by atoms with Crippen LogP contribution in [0.3, 0.4) is 0 Å². The first-order valence-corrected chi connectivity index (χ1v) is 6.49. The van der Waals surface area contributed by atoms with Gasteiger partial charge in [-0.25, -0.2) is 9.18 Å². The summed E-state index contributed by atoms with van der Waals surface area (Å²) in [5, 5.41) is 11.9. The topological polar surface area (TPSA) is 66.4 Å². The number of terminal acetylenes is 1. The average molecular weight is 291 g/mol. The third kappa shape index (κ3) is 2.95. The van der Waals surface area contributed by atoms with Gasteiger partial charge in [0.05, 0.1) is 4.88 Å². The maximum atomic E-state index is 13.1. The molecule has 1 atom stereocenters. The summed E-state index contributed by atoms with van der Waals surface area (Å²) < 4.78 is 13.8. The molecule has 2 aromatic rings. The summed E-state index contributed by atoms with van der Waals surface area (Å²) in [7, 11) is 0. The molecule has 0 spiro atoms. The summed E-state index contributed by atoms with van der Waals surface area (Å²) in [6, 6.07) is 4.59. The molecule has 1 amide bonds. The second-order valence-electron chi connectivity index (χ2n) is 4.07. The predicted octanol–water partition coefficient (Wildman–Crippen LogP) is 2.25. The van der Waals surface area contributed by atoms with E-state index in [0.717, 1.165) is 16.0 Å². The molecule has 0 aliphatic carbocycles. The smallest absolute Gasteiger partial charge is 0.327 e. The molecular formula is C14H10FNO3S. The number of hydrogen-bond donors (Lipinski definition) is 2. The van der Waals surface area contributed by atoms with Crippen LogP contribution in [0.25, 0.3) is 10.1 Å². The molecule has 102 valence electrons. The second-order valence-corrected chi connectivity index (χ2v) is 5.15. The summed E-state index contributed by atoms with van der Waals surface area (Å²) in [5.41, 5.74) is 0. The number of carboxylic acids is 1. The fourth-order valence-electron chi connectivity index (χ4n) is 1.67. The van der Waals surface area contributed by atoms with Crippen LogP contribution in [0.15, 0.2) is 24.3 Å². The van der Waals surface area contributed by atoms with E-state index in [0.29, 0.717) is 10.3 Å². The molecule has 2 N–H and O–H groups in total. The Morgan fingerprint density at radius 3 is 2.85 bits per heavy atom. The van der Waals surface area contributed by atoms with Crippen LogP contribution in [0.1, 0.15) is 16.1 Å². The van der Waals surface area contributed by atoms with Gasteiger partial charge in [-0.05, 0) is 29.7 Å². The molecule has 0 bridgehead atoms. The van der Waals surface area contributed by atoms with Gasteiger partial charge in [0.15, 0.2) is 0 Å². The van der Waals surface area contributed by atoms with Crippen molar-refractivity contribution in [1.82, 2.24) is 5.32 Å². The summed E-state index contributed by atoms with van der Waals surface area (Å²) in [6.45, 7) is 0. The number of benzene rings is 1. The average Bonchev–Trinajstić information content (AvgIpc) is 2.80. The van der Waals surface area contributed by atoms with Gasteiger partial charge in [-0.15, -0.1) is 23.7 Å². The molecule has 1 aromatic carbocycles. The fourth-order valence-corrected chi connectivity index (χ4v) is 2.62. The van der Waals surface area contributed by atoms with Crippen molar-refractivity contribution in [3.05, 3.63) is 35.0 Å². The fraction of sp³-hybridized carbons (Fsp3) is 0.143. The van der Waals surface area contributed by atoms with E-state index in [9.17, 15) is 14.0 Å². The van der Waals surface area contributed by atoms with Crippen LogP contribution in [-0.4, -0.2) is 23.0 Å². The first-order chi connectivity index (χ1) is 9.51. The number of carbonyl (C=O) groups is 2. The Balaban J connectivity index is 2.23. The molecule has 0 aliphatic rings. The second kappa shape index (κ2) is 5.72. The Labute approximate surface area is 118 Å². The van der Waals surface area contributed by atoms with Gasteiger partial charge in [-0.3, -0.25) is 4.79 Å². The molecule has 20 heavy (non-hydrogen) atoms. The first-order valence-electron chi connectivity index (χ1n) is 5.67. The molecule has 1 unspecified atom stereocenters. The van der Waals surface area contributed by atoms with Crippen LogP contribution >= 0.6 is 11.3 Å².